The Kier molecular flexibility index (Phi) is 5.57. The fraction of sp³-hybridized carbons (Fsp3) is 0.125. The highest BCUT2D eigenvalue weighted by molar-refractivity contribution is 9.10. The van der Waals surface area contributed by atoms with E-state index in [-0.39, 0.29) is 0 Å². The molecular weight excluding hydrogens is 370 g/mol. The summed E-state index contributed by atoms with van der Waals surface area (Å²) in [7, 11) is 0. The van der Waals surface area contributed by atoms with E-state index in [9.17, 15) is 4.79 Å². The first kappa shape index (κ1) is 16.5. The van der Waals surface area contributed by atoms with Crippen LogP contribution in [-0.2, 0) is 4.79 Å². The summed E-state index contributed by atoms with van der Waals surface area (Å²) in [6.07, 6.45) is 0.814. The highest BCUT2D eigenvalue weighted by Gasteiger charge is 2.11. The van der Waals surface area contributed by atoms with Crippen LogP contribution in [0, 0.1) is 0 Å². The summed E-state index contributed by atoms with van der Waals surface area (Å²) in [5.41, 5.74) is 1.61. The van der Waals surface area contributed by atoms with Crippen LogP contribution < -0.4 is 4.74 Å². The first-order valence-corrected chi connectivity index (χ1v) is 7.61. The summed E-state index contributed by atoms with van der Waals surface area (Å²) < 4.78 is 6.08. The lowest BCUT2D eigenvalue weighted by atomic mass is 10.2. The predicted molar refractivity (Wildman–Crippen MR) is 90.6 cm³/mol. The lowest BCUT2D eigenvalue weighted by Gasteiger charge is -2.09. The third-order valence-electron chi connectivity index (χ3n) is 2.81. The Morgan fingerprint density at radius 3 is 2.59 bits per heavy atom. The van der Waals surface area contributed by atoms with Gasteiger partial charge < -0.3 is 9.84 Å². The first-order chi connectivity index (χ1) is 10.5. The number of carboxylic acid groups (broad SMARTS) is 1. The minimum atomic E-state index is -1.00. The number of hydrogen-bond acceptors (Lipinski definition) is 3. The molecule has 0 saturated carbocycles. The number of aliphatic imine (C=N–C) groups is 1. The molecule has 4 nitrogen and oxygen atoms in total. The molecule has 0 aliphatic heterocycles. The Morgan fingerprint density at radius 1 is 1.32 bits per heavy atom. The molecule has 0 aliphatic carbocycles. The van der Waals surface area contributed by atoms with Gasteiger partial charge in [0.15, 0.2) is 6.10 Å². The van der Waals surface area contributed by atoms with Crippen LogP contribution in [0.3, 0.4) is 0 Å². The van der Waals surface area contributed by atoms with Gasteiger partial charge in [-0.25, -0.2) is 4.79 Å². The number of aliphatic carboxylic acids is 1. The summed E-state index contributed by atoms with van der Waals surface area (Å²) in [5, 5.41) is 9.39. The van der Waals surface area contributed by atoms with Gasteiger partial charge in [0.2, 0.25) is 0 Å². The average molecular weight is 383 g/mol. The number of nitrogens with zero attached hydrogens (tertiary/aromatic N) is 1. The smallest absolute Gasteiger partial charge is 0.344 e. The molecule has 2 aromatic rings. The largest absolute Gasteiger partial charge is 0.479 e. The molecule has 1 unspecified atom stereocenters. The van der Waals surface area contributed by atoms with E-state index in [4.69, 9.17) is 21.4 Å². The zero-order chi connectivity index (χ0) is 16.1. The second-order valence-electron chi connectivity index (χ2n) is 4.52. The molecule has 0 saturated heterocycles. The molecule has 6 heteroatoms. The van der Waals surface area contributed by atoms with Gasteiger partial charge >= 0.3 is 5.97 Å². The van der Waals surface area contributed by atoms with E-state index in [0.29, 0.717) is 10.8 Å². The lowest BCUT2D eigenvalue weighted by molar-refractivity contribution is -0.144. The van der Waals surface area contributed by atoms with E-state index < -0.39 is 12.1 Å². The molecule has 0 aromatic heterocycles. The van der Waals surface area contributed by atoms with Crippen LogP contribution in [0.4, 0.5) is 5.69 Å². The van der Waals surface area contributed by atoms with Crippen LogP contribution in [0.2, 0.25) is 5.02 Å². The van der Waals surface area contributed by atoms with Crippen LogP contribution in [0.1, 0.15) is 12.5 Å². The van der Waals surface area contributed by atoms with Gasteiger partial charge in [-0.3, -0.25) is 4.99 Å². The van der Waals surface area contributed by atoms with Crippen molar-refractivity contribution in [3.63, 3.8) is 0 Å². The number of ether oxygens (including phenoxy) is 1. The fourth-order valence-corrected chi connectivity index (χ4v) is 2.02. The van der Waals surface area contributed by atoms with E-state index in [1.54, 1.807) is 36.5 Å². The van der Waals surface area contributed by atoms with Gasteiger partial charge in [-0.05, 0) is 70.9 Å². The van der Waals surface area contributed by atoms with Crippen LogP contribution in [0.5, 0.6) is 5.75 Å². The Morgan fingerprint density at radius 2 is 2.00 bits per heavy atom. The molecule has 0 amide bonds. The zero-order valence-electron chi connectivity index (χ0n) is 11.7. The monoisotopic (exact) mass is 381 g/mol. The van der Waals surface area contributed by atoms with E-state index in [1.165, 1.54) is 6.92 Å². The molecule has 114 valence electrons. The van der Waals surface area contributed by atoms with Gasteiger partial charge in [0.1, 0.15) is 5.75 Å². The molecule has 0 fully saturated rings. The molecule has 22 heavy (non-hydrogen) atoms. The Labute approximate surface area is 141 Å². The molecule has 0 spiro atoms. The van der Waals surface area contributed by atoms with Crippen molar-refractivity contribution < 1.29 is 14.6 Å². The van der Waals surface area contributed by atoms with Crippen molar-refractivity contribution >= 4 is 45.4 Å². The third-order valence-corrected chi connectivity index (χ3v) is 4.04. The first-order valence-electron chi connectivity index (χ1n) is 6.44. The standard InChI is InChI=1S/C16H13BrClNO3/c1-10(16(20)21)22-13-5-2-11(3-6-13)9-19-12-4-7-14(17)15(18)8-12/h2-10H,1H3,(H,20,21). The van der Waals surface area contributed by atoms with Gasteiger partial charge in [-0.15, -0.1) is 0 Å². The maximum Gasteiger partial charge on any atom is 0.344 e. The fourth-order valence-electron chi connectivity index (χ4n) is 1.60. The Hall–Kier alpha value is -1.85. The zero-order valence-corrected chi connectivity index (χ0v) is 14.0. The van der Waals surface area contributed by atoms with Gasteiger partial charge in [-0.1, -0.05) is 11.6 Å². The number of halogens is 2. The summed E-state index contributed by atoms with van der Waals surface area (Å²) >= 11 is 9.33. The maximum atomic E-state index is 10.7. The quantitative estimate of drug-likeness (QED) is 0.762. The molecule has 2 rings (SSSR count). The van der Waals surface area contributed by atoms with Crippen molar-refractivity contribution in [3.8, 4) is 5.75 Å². The molecule has 2 aromatic carbocycles. The van der Waals surface area contributed by atoms with E-state index in [1.807, 2.05) is 12.1 Å². The van der Waals surface area contributed by atoms with Crippen molar-refractivity contribution in [3.05, 3.63) is 57.5 Å². The summed E-state index contributed by atoms with van der Waals surface area (Å²) in [6.45, 7) is 1.48. The van der Waals surface area contributed by atoms with Crippen molar-refractivity contribution in [2.45, 2.75) is 13.0 Å². The van der Waals surface area contributed by atoms with Crippen LogP contribution in [0.15, 0.2) is 51.9 Å². The summed E-state index contributed by atoms with van der Waals surface area (Å²) in [4.78, 5) is 15.1. The van der Waals surface area contributed by atoms with Crippen molar-refractivity contribution in [1.29, 1.82) is 0 Å². The van der Waals surface area contributed by atoms with Crippen LogP contribution in [-0.4, -0.2) is 23.4 Å². The normalized spacial score (nSPS) is 12.3. The molecule has 0 bridgehead atoms. The van der Waals surface area contributed by atoms with E-state index in [2.05, 4.69) is 20.9 Å². The van der Waals surface area contributed by atoms with Crippen LogP contribution >= 0.6 is 27.5 Å². The molecular formula is C16H13BrClNO3. The van der Waals surface area contributed by atoms with Crippen LogP contribution in [0.25, 0.3) is 0 Å². The number of rotatable bonds is 5. The Balaban J connectivity index is 2.05. The molecule has 0 aliphatic rings. The SMILES string of the molecule is CC(Oc1ccc(C=Nc2ccc(Br)c(Cl)c2)cc1)C(=O)O. The van der Waals surface area contributed by atoms with Gasteiger partial charge in [0.05, 0.1) is 10.7 Å². The third kappa shape index (κ3) is 4.58. The molecule has 1 N–H and O–H groups in total. The summed E-state index contributed by atoms with van der Waals surface area (Å²) in [6, 6.07) is 12.4. The Bertz CT molecular complexity index is 701. The van der Waals surface area contributed by atoms with E-state index in [0.717, 1.165) is 15.7 Å². The van der Waals surface area contributed by atoms with Crippen molar-refractivity contribution in [2.24, 2.45) is 4.99 Å². The van der Waals surface area contributed by atoms with E-state index >= 15 is 0 Å². The van der Waals surface area contributed by atoms with Crippen molar-refractivity contribution in [1.82, 2.24) is 0 Å². The second kappa shape index (κ2) is 7.42. The number of benzene rings is 2. The second-order valence-corrected chi connectivity index (χ2v) is 5.79. The number of hydrogen-bond donors (Lipinski definition) is 1. The number of carbonyl (C=O) groups is 1. The highest BCUT2D eigenvalue weighted by atomic mass is 79.9. The molecule has 0 radical (unpaired) electrons. The number of carboxylic acids is 1. The highest BCUT2D eigenvalue weighted by Crippen LogP contribution is 2.27. The molecule has 1 atom stereocenters. The van der Waals surface area contributed by atoms with Gasteiger partial charge in [0, 0.05) is 10.7 Å². The van der Waals surface area contributed by atoms with Crippen molar-refractivity contribution in [2.75, 3.05) is 0 Å². The molecule has 0 heterocycles. The lowest BCUT2D eigenvalue weighted by Crippen LogP contribution is -2.22. The van der Waals surface area contributed by atoms with Gasteiger partial charge in [-0.2, -0.15) is 0 Å². The minimum Gasteiger partial charge on any atom is -0.479 e. The topological polar surface area (TPSA) is 58.9 Å². The maximum absolute atomic E-state index is 10.7. The average Bonchev–Trinajstić information content (AvgIpc) is 2.49. The summed E-state index contributed by atoms with van der Waals surface area (Å²) in [5.74, 6) is -0.503. The minimum absolute atomic E-state index is 0.499. The predicted octanol–water partition coefficient (Wildman–Crippen LogP) is 4.71. The van der Waals surface area contributed by atoms with Gasteiger partial charge in [0.25, 0.3) is 0 Å².